The molecule has 1 amide bonds. The van der Waals surface area contributed by atoms with Gasteiger partial charge in [0.2, 0.25) is 0 Å². The molecule has 90 valence electrons. The third-order valence-corrected chi connectivity index (χ3v) is 3.24. The van der Waals surface area contributed by atoms with Gasteiger partial charge < -0.3 is 5.32 Å². The van der Waals surface area contributed by atoms with Gasteiger partial charge in [0.1, 0.15) is 9.71 Å². The number of amides is 1. The van der Waals surface area contributed by atoms with Gasteiger partial charge in [0.25, 0.3) is 5.91 Å². The Balaban J connectivity index is 2.52. The molecule has 2 aromatic heterocycles. The molecule has 0 radical (unpaired) electrons. The Morgan fingerprint density at radius 1 is 1.41 bits per heavy atom. The van der Waals surface area contributed by atoms with Crippen LogP contribution in [-0.2, 0) is 6.18 Å². The van der Waals surface area contributed by atoms with Gasteiger partial charge in [-0.05, 0) is 12.1 Å². The summed E-state index contributed by atoms with van der Waals surface area (Å²) in [6, 6.07) is 2.40. The van der Waals surface area contributed by atoms with E-state index in [1.165, 1.54) is 19.3 Å². The Morgan fingerprint density at radius 3 is 2.71 bits per heavy atom. The molecule has 7 heteroatoms. The van der Waals surface area contributed by atoms with E-state index in [2.05, 4.69) is 10.3 Å². The van der Waals surface area contributed by atoms with E-state index in [-0.39, 0.29) is 16.3 Å². The average molecular weight is 260 g/mol. The Hall–Kier alpha value is -1.63. The van der Waals surface area contributed by atoms with Crippen LogP contribution in [0.15, 0.2) is 18.3 Å². The highest BCUT2D eigenvalue weighted by Crippen LogP contribution is 2.37. The summed E-state index contributed by atoms with van der Waals surface area (Å²) in [6.07, 6.45) is -3.11. The zero-order chi connectivity index (χ0) is 12.6. The van der Waals surface area contributed by atoms with Crippen molar-refractivity contribution in [2.45, 2.75) is 6.18 Å². The molecular formula is C10H7F3N2OS. The van der Waals surface area contributed by atoms with Crippen LogP contribution < -0.4 is 5.32 Å². The van der Waals surface area contributed by atoms with Crippen LogP contribution in [0.2, 0.25) is 0 Å². The molecule has 0 saturated heterocycles. The SMILES string of the molecule is CNC(=O)c1cnc2sc(C(F)(F)F)cc2c1. The minimum Gasteiger partial charge on any atom is -0.355 e. The fourth-order valence-corrected chi connectivity index (χ4v) is 2.19. The van der Waals surface area contributed by atoms with E-state index in [1.54, 1.807) is 0 Å². The Bertz CT molecular complexity index is 576. The Kier molecular flexibility index (Phi) is 2.78. The lowest BCUT2D eigenvalue weighted by molar-refractivity contribution is -0.134. The van der Waals surface area contributed by atoms with Crippen molar-refractivity contribution in [3.63, 3.8) is 0 Å². The minimum atomic E-state index is -4.38. The number of hydrogen-bond donors (Lipinski definition) is 1. The number of aromatic nitrogens is 1. The predicted molar refractivity (Wildman–Crippen MR) is 58.0 cm³/mol. The van der Waals surface area contributed by atoms with Crippen LogP contribution in [-0.4, -0.2) is 17.9 Å². The lowest BCUT2D eigenvalue weighted by Crippen LogP contribution is -2.17. The molecule has 0 aliphatic heterocycles. The standard InChI is InChI=1S/C10H7F3N2OS/c1-14-8(16)6-2-5-3-7(10(11,12)13)17-9(5)15-4-6/h2-4H,1H3,(H,14,16). The topological polar surface area (TPSA) is 42.0 Å². The number of carbonyl (C=O) groups is 1. The molecule has 2 rings (SSSR count). The number of hydrogen-bond acceptors (Lipinski definition) is 3. The van der Waals surface area contributed by atoms with Crippen LogP contribution in [0.1, 0.15) is 15.2 Å². The maximum atomic E-state index is 12.5. The van der Waals surface area contributed by atoms with E-state index in [9.17, 15) is 18.0 Å². The highest BCUT2D eigenvalue weighted by Gasteiger charge is 2.33. The van der Waals surface area contributed by atoms with Crippen LogP contribution in [0.25, 0.3) is 10.2 Å². The summed E-state index contributed by atoms with van der Waals surface area (Å²) >= 11 is 0.564. The van der Waals surface area contributed by atoms with Crippen molar-refractivity contribution in [2.24, 2.45) is 0 Å². The maximum Gasteiger partial charge on any atom is 0.425 e. The smallest absolute Gasteiger partial charge is 0.355 e. The highest BCUT2D eigenvalue weighted by molar-refractivity contribution is 7.18. The number of rotatable bonds is 1. The number of pyridine rings is 1. The van der Waals surface area contributed by atoms with Gasteiger partial charge in [0, 0.05) is 18.6 Å². The number of thiophene rings is 1. The lowest BCUT2D eigenvalue weighted by Gasteiger charge is -1.99. The zero-order valence-corrected chi connectivity index (χ0v) is 9.45. The van der Waals surface area contributed by atoms with Crippen molar-refractivity contribution in [3.8, 4) is 0 Å². The van der Waals surface area contributed by atoms with Crippen molar-refractivity contribution in [2.75, 3.05) is 7.05 Å². The van der Waals surface area contributed by atoms with E-state index < -0.39 is 11.1 Å². The van der Waals surface area contributed by atoms with Gasteiger partial charge in [-0.15, -0.1) is 11.3 Å². The first-order valence-corrected chi connectivity index (χ1v) is 5.42. The second kappa shape index (κ2) is 3.99. The molecule has 0 aromatic carbocycles. The monoisotopic (exact) mass is 260 g/mol. The van der Waals surface area contributed by atoms with Crippen molar-refractivity contribution in [1.29, 1.82) is 0 Å². The highest BCUT2D eigenvalue weighted by atomic mass is 32.1. The molecule has 0 spiro atoms. The molecule has 2 heterocycles. The molecule has 0 atom stereocenters. The summed E-state index contributed by atoms with van der Waals surface area (Å²) < 4.78 is 37.4. The van der Waals surface area contributed by atoms with Gasteiger partial charge in [0.15, 0.2) is 0 Å². The van der Waals surface area contributed by atoms with Gasteiger partial charge in [0.05, 0.1) is 5.56 Å². The Labute approximate surface area is 98.3 Å². The minimum absolute atomic E-state index is 0.242. The molecule has 0 aliphatic rings. The van der Waals surface area contributed by atoms with Gasteiger partial charge in [-0.1, -0.05) is 0 Å². The van der Waals surface area contributed by atoms with Crippen LogP contribution >= 0.6 is 11.3 Å². The molecule has 17 heavy (non-hydrogen) atoms. The van der Waals surface area contributed by atoms with E-state index in [4.69, 9.17) is 0 Å². The normalized spacial score (nSPS) is 11.8. The first-order chi connectivity index (χ1) is 7.91. The lowest BCUT2D eigenvalue weighted by atomic mass is 10.2. The number of fused-ring (bicyclic) bond motifs is 1. The van der Waals surface area contributed by atoms with Crippen molar-refractivity contribution < 1.29 is 18.0 Å². The van der Waals surface area contributed by atoms with Crippen LogP contribution in [0.5, 0.6) is 0 Å². The number of halogens is 3. The second-order valence-corrected chi connectivity index (χ2v) is 4.34. The third kappa shape index (κ3) is 2.23. The predicted octanol–water partition coefficient (Wildman–Crippen LogP) is 2.67. The van der Waals surface area contributed by atoms with E-state index >= 15 is 0 Å². The van der Waals surface area contributed by atoms with E-state index in [0.29, 0.717) is 16.7 Å². The van der Waals surface area contributed by atoms with E-state index in [0.717, 1.165) is 6.07 Å². The van der Waals surface area contributed by atoms with Gasteiger partial charge >= 0.3 is 6.18 Å². The van der Waals surface area contributed by atoms with Crippen molar-refractivity contribution >= 4 is 27.5 Å². The first kappa shape index (κ1) is 11.8. The summed E-state index contributed by atoms with van der Waals surface area (Å²) in [4.78, 5) is 14.7. The second-order valence-electron chi connectivity index (χ2n) is 3.31. The van der Waals surface area contributed by atoms with Crippen LogP contribution in [0.3, 0.4) is 0 Å². The molecule has 0 saturated carbocycles. The van der Waals surface area contributed by atoms with Crippen LogP contribution in [0, 0.1) is 0 Å². The van der Waals surface area contributed by atoms with Crippen molar-refractivity contribution in [3.05, 3.63) is 28.8 Å². The number of alkyl halides is 3. The molecule has 0 unspecified atom stereocenters. The number of carbonyl (C=O) groups excluding carboxylic acids is 1. The summed E-state index contributed by atoms with van der Waals surface area (Å²) in [6.45, 7) is 0. The fraction of sp³-hybridized carbons (Fsp3) is 0.200. The van der Waals surface area contributed by atoms with Gasteiger partial charge in [-0.3, -0.25) is 4.79 Å². The zero-order valence-electron chi connectivity index (χ0n) is 8.63. The number of nitrogens with one attached hydrogen (secondary N) is 1. The summed E-state index contributed by atoms with van der Waals surface area (Å²) in [5.74, 6) is -0.376. The summed E-state index contributed by atoms with van der Waals surface area (Å²) in [7, 11) is 1.45. The maximum absolute atomic E-state index is 12.5. The molecule has 3 nitrogen and oxygen atoms in total. The number of nitrogens with zero attached hydrogens (tertiary/aromatic N) is 1. The van der Waals surface area contributed by atoms with Crippen LogP contribution in [0.4, 0.5) is 13.2 Å². The van der Waals surface area contributed by atoms with E-state index in [1.807, 2.05) is 0 Å². The molecule has 0 aliphatic carbocycles. The molecule has 0 bridgehead atoms. The largest absolute Gasteiger partial charge is 0.425 e. The third-order valence-electron chi connectivity index (χ3n) is 2.14. The Morgan fingerprint density at radius 2 is 2.12 bits per heavy atom. The molecule has 2 aromatic rings. The summed E-state index contributed by atoms with van der Waals surface area (Å²) in [5.41, 5.74) is 0.242. The summed E-state index contributed by atoms with van der Waals surface area (Å²) in [5, 5.41) is 2.71. The molecule has 0 fully saturated rings. The molecular weight excluding hydrogens is 253 g/mol. The van der Waals surface area contributed by atoms with Gasteiger partial charge in [-0.2, -0.15) is 13.2 Å². The quantitative estimate of drug-likeness (QED) is 0.856. The van der Waals surface area contributed by atoms with Gasteiger partial charge in [-0.25, -0.2) is 4.98 Å². The first-order valence-electron chi connectivity index (χ1n) is 4.60. The fourth-order valence-electron chi connectivity index (χ4n) is 1.34. The average Bonchev–Trinajstić information content (AvgIpc) is 2.70. The van der Waals surface area contributed by atoms with Crippen molar-refractivity contribution in [1.82, 2.24) is 10.3 Å². The molecule has 1 N–H and O–H groups in total.